The highest BCUT2D eigenvalue weighted by Gasteiger charge is 2.16. The Labute approximate surface area is 100 Å². The topological polar surface area (TPSA) is 56.0 Å². The van der Waals surface area contributed by atoms with Crippen LogP contribution in [0.25, 0.3) is 0 Å². The van der Waals surface area contributed by atoms with Crippen molar-refractivity contribution in [2.45, 2.75) is 45.3 Å². The molecule has 1 aromatic heterocycles. The molecular formula is C12H19N3O2. The van der Waals surface area contributed by atoms with Crippen LogP contribution in [-0.4, -0.2) is 21.7 Å². The van der Waals surface area contributed by atoms with Crippen molar-refractivity contribution in [3.8, 4) is 0 Å². The fraction of sp³-hybridized carbons (Fsp3) is 0.667. The van der Waals surface area contributed by atoms with Gasteiger partial charge < -0.3 is 9.88 Å². The van der Waals surface area contributed by atoms with Crippen LogP contribution in [0.4, 0.5) is 0 Å². The van der Waals surface area contributed by atoms with Crippen LogP contribution >= 0.6 is 0 Å². The summed E-state index contributed by atoms with van der Waals surface area (Å²) in [5, 5.41) is 3.30. The third-order valence-electron chi connectivity index (χ3n) is 3.17. The van der Waals surface area contributed by atoms with Gasteiger partial charge in [-0.25, -0.2) is 4.79 Å². The molecule has 1 N–H and O–H groups in total. The molecule has 1 aliphatic rings. The summed E-state index contributed by atoms with van der Waals surface area (Å²) in [5.74, 6) is 0. The van der Waals surface area contributed by atoms with Crippen molar-refractivity contribution in [1.82, 2.24) is 14.5 Å². The van der Waals surface area contributed by atoms with E-state index < -0.39 is 0 Å². The molecule has 0 bridgehead atoms. The van der Waals surface area contributed by atoms with Crippen molar-refractivity contribution >= 4 is 0 Å². The van der Waals surface area contributed by atoms with E-state index in [4.69, 9.17) is 0 Å². The first kappa shape index (κ1) is 12.1. The van der Waals surface area contributed by atoms with Crippen LogP contribution in [0.1, 0.15) is 26.2 Å². The van der Waals surface area contributed by atoms with Crippen molar-refractivity contribution < 1.29 is 0 Å². The second kappa shape index (κ2) is 5.31. The SMILES string of the molecule is CCCn1ccc(=O)n(CC2CCCN2)c1=O. The minimum Gasteiger partial charge on any atom is -0.312 e. The maximum atomic E-state index is 12.1. The second-order valence-electron chi connectivity index (χ2n) is 4.53. The van der Waals surface area contributed by atoms with Crippen LogP contribution in [0.3, 0.4) is 0 Å². The van der Waals surface area contributed by atoms with Crippen LogP contribution in [0.5, 0.6) is 0 Å². The maximum absolute atomic E-state index is 12.1. The molecule has 0 aromatic carbocycles. The van der Waals surface area contributed by atoms with Gasteiger partial charge in [0, 0.05) is 31.4 Å². The molecule has 0 spiro atoms. The lowest BCUT2D eigenvalue weighted by Gasteiger charge is -2.13. The average Bonchev–Trinajstić information content (AvgIpc) is 2.81. The van der Waals surface area contributed by atoms with Gasteiger partial charge in [0.05, 0.1) is 0 Å². The first-order chi connectivity index (χ1) is 8.22. The molecule has 94 valence electrons. The van der Waals surface area contributed by atoms with Gasteiger partial charge in [0.15, 0.2) is 0 Å². The minimum absolute atomic E-state index is 0.187. The zero-order chi connectivity index (χ0) is 12.3. The van der Waals surface area contributed by atoms with Gasteiger partial charge >= 0.3 is 5.69 Å². The maximum Gasteiger partial charge on any atom is 0.331 e. The first-order valence-electron chi connectivity index (χ1n) is 6.26. The molecule has 2 heterocycles. The molecule has 0 radical (unpaired) electrons. The van der Waals surface area contributed by atoms with E-state index in [1.54, 1.807) is 10.8 Å². The lowest BCUT2D eigenvalue weighted by atomic mass is 10.2. The fourth-order valence-corrected chi connectivity index (χ4v) is 2.27. The molecule has 2 rings (SSSR count). The Morgan fingerprint density at radius 3 is 2.94 bits per heavy atom. The largest absolute Gasteiger partial charge is 0.331 e. The summed E-state index contributed by atoms with van der Waals surface area (Å²) < 4.78 is 2.95. The number of hydrogen-bond donors (Lipinski definition) is 1. The summed E-state index contributed by atoms with van der Waals surface area (Å²) >= 11 is 0. The Kier molecular flexibility index (Phi) is 3.78. The van der Waals surface area contributed by atoms with E-state index in [2.05, 4.69) is 5.32 Å². The summed E-state index contributed by atoms with van der Waals surface area (Å²) in [6.07, 6.45) is 4.64. The van der Waals surface area contributed by atoms with Crippen molar-refractivity contribution in [3.05, 3.63) is 33.1 Å². The van der Waals surface area contributed by atoms with Crippen molar-refractivity contribution in [1.29, 1.82) is 0 Å². The molecule has 1 aliphatic heterocycles. The zero-order valence-electron chi connectivity index (χ0n) is 10.2. The fourth-order valence-electron chi connectivity index (χ4n) is 2.27. The highest BCUT2D eigenvalue weighted by atomic mass is 16.2. The molecular weight excluding hydrogens is 218 g/mol. The van der Waals surface area contributed by atoms with E-state index in [-0.39, 0.29) is 17.3 Å². The molecule has 1 fully saturated rings. The van der Waals surface area contributed by atoms with Gasteiger partial charge in [-0.1, -0.05) is 6.92 Å². The van der Waals surface area contributed by atoms with Crippen LogP contribution in [0, 0.1) is 0 Å². The van der Waals surface area contributed by atoms with E-state index >= 15 is 0 Å². The van der Waals surface area contributed by atoms with E-state index in [9.17, 15) is 9.59 Å². The summed E-state index contributed by atoms with van der Waals surface area (Å²) in [6.45, 7) is 4.15. The van der Waals surface area contributed by atoms with E-state index in [1.165, 1.54) is 10.6 Å². The minimum atomic E-state index is -0.198. The van der Waals surface area contributed by atoms with Crippen LogP contribution in [-0.2, 0) is 13.1 Å². The third-order valence-corrected chi connectivity index (χ3v) is 3.17. The van der Waals surface area contributed by atoms with E-state index in [1.807, 2.05) is 6.92 Å². The Morgan fingerprint density at radius 2 is 2.29 bits per heavy atom. The Morgan fingerprint density at radius 1 is 1.47 bits per heavy atom. The lowest BCUT2D eigenvalue weighted by Crippen LogP contribution is -2.43. The number of aromatic nitrogens is 2. The smallest absolute Gasteiger partial charge is 0.312 e. The summed E-state index contributed by atoms with van der Waals surface area (Å²) in [7, 11) is 0. The zero-order valence-corrected chi connectivity index (χ0v) is 10.2. The molecule has 5 nitrogen and oxygen atoms in total. The molecule has 1 atom stereocenters. The number of hydrogen-bond acceptors (Lipinski definition) is 3. The van der Waals surface area contributed by atoms with Gasteiger partial charge in [0.2, 0.25) is 0 Å². The van der Waals surface area contributed by atoms with Crippen LogP contribution in [0.2, 0.25) is 0 Å². The molecule has 1 saturated heterocycles. The van der Waals surface area contributed by atoms with Crippen LogP contribution in [0.15, 0.2) is 21.9 Å². The van der Waals surface area contributed by atoms with Gasteiger partial charge in [-0.2, -0.15) is 0 Å². The van der Waals surface area contributed by atoms with E-state index in [0.717, 1.165) is 25.8 Å². The van der Waals surface area contributed by atoms with Gasteiger partial charge in [0.25, 0.3) is 5.56 Å². The van der Waals surface area contributed by atoms with Crippen molar-refractivity contribution in [2.24, 2.45) is 0 Å². The predicted molar refractivity (Wildman–Crippen MR) is 66.3 cm³/mol. The highest BCUT2D eigenvalue weighted by molar-refractivity contribution is 4.88. The number of nitrogens with one attached hydrogen (secondary N) is 1. The molecule has 0 aliphatic carbocycles. The van der Waals surface area contributed by atoms with Gasteiger partial charge in [-0.15, -0.1) is 0 Å². The molecule has 0 amide bonds. The quantitative estimate of drug-likeness (QED) is 0.812. The van der Waals surface area contributed by atoms with Gasteiger partial charge in [-0.05, 0) is 25.8 Å². The van der Waals surface area contributed by atoms with Gasteiger partial charge in [0.1, 0.15) is 0 Å². The molecule has 1 aromatic rings. The summed E-state index contributed by atoms with van der Waals surface area (Å²) in [5.41, 5.74) is -0.385. The molecule has 17 heavy (non-hydrogen) atoms. The Hall–Kier alpha value is -1.36. The third kappa shape index (κ3) is 2.66. The molecule has 0 saturated carbocycles. The number of rotatable bonds is 4. The van der Waals surface area contributed by atoms with Crippen LogP contribution < -0.4 is 16.6 Å². The standard InChI is InChI=1S/C12H19N3O2/c1-2-7-14-8-5-11(16)15(12(14)17)9-10-4-3-6-13-10/h5,8,10,13H,2-4,6-7,9H2,1H3. The summed E-state index contributed by atoms with van der Waals surface area (Å²) in [6, 6.07) is 1.74. The monoisotopic (exact) mass is 237 g/mol. The molecule has 1 unspecified atom stereocenters. The van der Waals surface area contributed by atoms with Gasteiger partial charge in [-0.3, -0.25) is 9.36 Å². The highest BCUT2D eigenvalue weighted by Crippen LogP contribution is 2.05. The molecule has 5 heteroatoms. The average molecular weight is 237 g/mol. The second-order valence-corrected chi connectivity index (χ2v) is 4.53. The Bertz CT molecular complexity index is 483. The van der Waals surface area contributed by atoms with Crippen molar-refractivity contribution in [2.75, 3.05) is 6.54 Å². The number of aryl methyl sites for hydroxylation is 1. The predicted octanol–water partition coefficient (Wildman–Crippen LogP) is 0.172. The Balaban J connectivity index is 2.27. The summed E-state index contributed by atoms with van der Waals surface area (Å²) in [4.78, 5) is 23.8. The van der Waals surface area contributed by atoms with Crippen molar-refractivity contribution in [3.63, 3.8) is 0 Å². The lowest BCUT2D eigenvalue weighted by molar-refractivity contribution is 0.462. The normalized spacial score (nSPS) is 19.7. The first-order valence-corrected chi connectivity index (χ1v) is 6.26. The van der Waals surface area contributed by atoms with E-state index in [0.29, 0.717) is 13.1 Å². The number of nitrogens with zero attached hydrogens (tertiary/aromatic N) is 2.